The number of hydrogen-bond donors (Lipinski definition) is 2. The number of hydrogen-bond acceptors (Lipinski definition) is 2. The average Bonchev–Trinajstić information content (AvgIpc) is 1.93. The molecule has 3 atom stereocenters. The Morgan fingerprint density at radius 2 is 2.07 bits per heavy atom. The molecule has 0 aromatic carbocycles. The van der Waals surface area contributed by atoms with Gasteiger partial charge >= 0.3 is 5.97 Å². The lowest BCUT2D eigenvalue weighted by Gasteiger charge is -2.40. The first-order valence-electron chi connectivity index (χ1n) is 5.67. The molecule has 0 heterocycles. The van der Waals surface area contributed by atoms with Gasteiger partial charge in [0.05, 0.1) is 5.92 Å². The third-order valence-corrected chi connectivity index (χ3v) is 3.93. The van der Waals surface area contributed by atoms with Gasteiger partial charge in [0.25, 0.3) is 0 Å². The Bertz CT molecular complexity index is 225. The molecule has 0 bridgehead atoms. The lowest BCUT2D eigenvalue weighted by atomic mass is 9.76. The van der Waals surface area contributed by atoms with Gasteiger partial charge in [-0.25, -0.2) is 0 Å². The molecule has 0 aromatic rings. The van der Waals surface area contributed by atoms with Crippen LogP contribution in [0.1, 0.15) is 39.0 Å². The first kappa shape index (κ1) is 9.97. The van der Waals surface area contributed by atoms with Gasteiger partial charge in [0.2, 0.25) is 0 Å². The van der Waals surface area contributed by atoms with Crippen LogP contribution in [-0.2, 0) is 4.79 Å². The second kappa shape index (κ2) is 3.89. The largest absolute Gasteiger partial charge is 0.481 e. The average molecular weight is 197 g/mol. The maximum Gasteiger partial charge on any atom is 0.308 e. The number of aliphatic carboxylic acids is 1. The summed E-state index contributed by atoms with van der Waals surface area (Å²) in [6.45, 7) is 2.20. The van der Waals surface area contributed by atoms with E-state index in [1.165, 1.54) is 19.3 Å². The fourth-order valence-electron chi connectivity index (χ4n) is 2.41. The number of carboxylic acids is 1. The van der Waals surface area contributed by atoms with Gasteiger partial charge in [-0.1, -0.05) is 6.42 Å². The molecule has 0 spiro atoms. The molecule has 2 aliphatic carbocycles. The molecule has 80 valence electrons. The molecule has 0 radical (unpaired) electrons. The summed E-state index contributed by atoms with van der Waals surface area (Å²) >= 11 is 0. The number of rotatable bonds is 4. The Labute approximate surface area is 84.9 Å². The monoisotopic (exact) mass is 197 g/mol. The minimum atomic E-state index is -0.630. The van der Waals surface area contributed by atoms with Crippen molar-refractivity contribution in [3.8, 4) is 0 Å². The van der Waals surface area contributed by atoms with Crippen molar-refractivity contribution in [1.82, 2.24) is 5.32 Å². The summed E-state index contributed by atoms with van der Waals surface area (Å²) in [6.07, 6.45) is 5.87. The molecular weight excluding hydrogens is 178 g/mol. The van der Waals surface area contributed by atoms with Crippen molar-refractivity contribution in [2.45, 2.75) is 51.1 Å². The maximum atomic E-state index is 10.8. The molecule has 0 saturated heterocycles. The van der Waals surface area contributed by atoms with Crippen LogP contribution >= 0.6 is 0 Å². The fraction of sp³-hybridized carbons (Fsp3) is 0.909. The summed E-state index contributed by atoms with van der Waals surface area (Å²) in [5, 5.41) is 12.4. The molecule has 2 N–H and O–H groups in total. The number of nitrogens with one attached hydrogen (secondary N) is 1. The van der Waals surface area contributed by atoms with E-state index in [9.17, 15) is 4.79 Å². The summed E-state index contributed by atoms with van der Waals surface area (Å²) in [5.41, 5.74) is 0. The predicted octanol–water partition coefficient (Wildman–Crippen LogP) is 1.63. The fourth-order valence-corrected chi connectivity index (χ4v) is 2.41. The topological polar surface area (TPSA) is 49.3 Å². The Morgan fingerprint density at radius 1 is 1.36 bits per heavy atom. The van der Waals surface area contributed by atoms with Crippen LogP contribution in [0.5, 0.6) is 0 Å². The highest BCUT2D eigenvalue weighted by Crippen LogP contribution is 2.33. The van der Waals surface area contributed by atoms with Crippen molar-refractivity contribution >= 4 is 5.97 Å². The zero-order chi connectivity index (χ0) is 10.1. The van der Waals surface area contributed by atoms with Crippen molar-refractivity contribution in [3.05, 3.63) is 0 Å². The standard InChI is InChI=1S/C11H19NO2/c1-7(8-3-2-4-8)12-10-6-5-9(10)11(13)14/h7-10,12H,2-6H2,1H3,(H,13,14). The summed E-state index contributed by atoms with van der Waals surface area (Å²) < 4.78 is 0. The zero-order valence-electron chi connectivity index (χ0n) is 8.70. The molecule has 3 unspecified atom stereocenters. The van der Waals surface area contributed by atoms with Crippen LogP contribution in [-0.4, -0.2) is 23.2 Å². The molecule has 2 rings (SSSR count). The van der Waals surface area contributed by atoms with Crippen molar-refractivity contribution < 1.29 is 9.90 Å². The van der Waals surface area contributed by atoms with Crippen molar-refractivity contribution in [1.29, 1.82) is 0 Å². The van der Waals surface area contributed by atoms with E-state index in [-0.39, 0.29) is 12.0 Å². The van der Waals surface area contributed by atoms with Gasteiger partial charge in [-0.3, -0.25) is 4.79 Å². The third-order valence-electron chi connectivity index (χ3n) is 3.93. The Morgan fingerprint density at radius 3 is 2.43 bits per heavy atom. The molecule has 0 aromatic heterocycles. The van der Waals surface area contributed by atoms with Crippen LogP contribution in [0.4, 0.5) is 0 Å². The van der Waals surface area contributed by atoms with E-state index in [1.807, 2.05) is 0 Å². The Balaban J connectivity index is 1.76. The van der Waals surface area contributed by atoms with Gasteiger partial charge in [0.15, 0.2) is 0 Å². The van der Waals surface area contributed by atoms with Gasteiger partial charge in [-0.05, 0) is 38.5 Å². The van der Waals surface area contributed by atoms with Gasteiger partial charge in [-0.2, -0.15) is 0 Å². The number of carbonyl (C=O) groups is 1. The van der Waals surface area contributed by atoms with Crippen molar-refractivity contribution in [2.24, 2.45) is 11.8 Å². The van der Waals surface area contributed by atoms with Crippen LogP contribution in [0.3, 0.4) is 0 Å². The van der Waals surface area contributed by atoms with Crippen LogP contribution in [0, 0.1) is 11.8 Å². The minimum Gasteiger partial charge on any atom is -0.481 e. The number of carboxylic acid groups (broad SMARTS) is 1. The van der Waals surface area contributed by atoms with Crippen LogP contribution < -0.4 is 5.32 Å². The van der Waals surface area contributed by atoms with Crippen molar-refractivity contribution in [3.63, 3.8) is 0 Å². The van der Waals surface area contributed by atoms with E-state index in [4.69, 9.17) is 5.11 Å². The second-order valence-corrected chi connectivity index (χ2v) is 4.77. The van der Waals surface area contributed by atoms with E-state index in [0.717, 1.165) is 18.8 Å². The Hall–Kier alpha value is -0.570. The van der Waals surface area contributed by atoms with E-state index >= 15 is 0 Å². The lowest BCUT2D eigenvalue weighted by Crippen LogP contribution is -2.53. The minimum absolute atomic E-state index is 0.127. The van der Waals surface area contributed by atoms with Crippen molar-refractivity contribution in [2.75, 3.05) is 0 Å². The highest BCUT2D eigenvalue weighted by molar-refractivity contribution is 5.72. The van der Waals surface area contributed by atoms with E-state index in [0.29, 0.717) is 6.04 Å². The summed E-state index contributed by atoms with van der Waals surface area (Å²) in [5.74, 6) is 0.0390. The predicted molar refractivity (Wildman–Crippen MR) is 54.1 cm³/mol. The molecule has 3 nitrogen and oxygen atoms in total. The SMILES string of the molecule is CC(NC1CCC1C(=O)O)C1CCC1. The summed E-state index contributed by atoms with van der Waals surface area (Å²) in [6, 6.07) is 0.749. The quantitative estimate of drug-likeness (QED) is 0.720. The van der Waals surface area contributed by atoms with Crippen LogP contribution in [0.25, 0.3) is 0 Å². The molecule has 0 amide bonds. The second-order valence-electron chi connectivity index (χ2n) is 4.77. The van der Waals surface area contributed by atoms with E-state index in [1.54, 1.807) is 0 Å². The molecule has 2 saturated carbocycles. The third kappa shape index (κ3) is 1.78. The molecule has 3 heteroatoms. The van der Waals surface area contributed by atoms with Crippen LogP contribution in [0.15, 0.2) is 0 Å². The zero-order valence-corrected chi connectivity index (χ0v) is 8.70. The molecule has 0 aliphatic heterocycles. The highest BCUT2D eigenvalue weighted by Gasteiger charge is 2.38. The maximum absolute atomic E-state index is 10.8. The van der Waals surface area contributed by atoms with E-state index in [2.05, 4.69) is 12.2 Å². The van der Waals surface area contributed by atoms with Gasteiger partial charge in [-0.15, -0.1) is 0 Å². The van der Waals surface area contributed by atoms with Gasteiger partial charge in [0.1, 0.15) is 0 Å². The first-order chi connectivity index (χ1) is 6.68. The Kier molecular flexibility index (Phi) is 2.77. The van der Waals surface area contributed by atoms with Gasteiger partial charge in [0, 0.05) is 12.1 Å². The molecule has 14 heavy (non-hydrogen) atoms. The van der Waals surface area contributed by atoms with E-state index < -0.39 is 5.97 Å². The molecule has 2 fully saturated rings. The lowest BCUT2D eigenvalue weighted by molar-refractivity contribution is -0.146. The summed E-state index contributed by atoms with van der Waals surface area (Å²) in [4.78, 5) is 10.8. The summed E-state index contributed by atoms with van der Waals surface area (Å²) in [7, 11) is 0. The normalized spacial score (nSPS) is 34.4. The smallest absolute Gasteiger partial charge is 0.308 e. The van der Waals surface area contributed by atoms with Gasteiger partial charge < -0.3 is 10.4 Å². The molecule has 2 aliphatic rings. The highest BCUT2D eigenvalue weighted by atomic mass is 16.4. The van der Waals surface area contributed by atoms with Crippen LogP contribution in [0.2, 0.25) is 0 Å². The molecular formula is C11H19NO2. The first-order valence-corrected chi connectivity index (χ1v) is 5.67.